The van der Waals surface area contributed by atoms with E-state index in [1.807, 2.05) is 0 Å². The maximum absolute atomic E-state index is 6.09. The molecule has 1 fully saturated rings. The molecule has 1 aliphatic rings. The van der Waals surface area contributed by atoms with Gasteiger partial charge in [-0.15, -0.1) is 11.6 Å². The molecule has 0 atom stereocenters. The number of aryl methyl sites for hydroxylation is 1. The van der Waals surface area contributed by atoms with E-state index < -0.39 is 0 Å². The lowest BCUT2D eigenvalue weighted by atomic mass is 10.0. The third-order valence-electron chi connectivity index (χ3n) is 4.13. The molecule has 0 aromatic heterocycles. The van der Waals surface area contributed by atoms with Gasteiger partial charge in [-0.3, -0.25) is 0 Å². The molecule has 0 radical (unpaired) electrons. The molecular weight excluding hydrogens is 242 g/mol. The van der Waals surface area contributed by atoms with Gasteiger partial charge in [0.25, 0.3) is 0 Å². The van der Waals surface area contributed by atoms with Gasteiger partial charge in [-0.25, -0.2) is 0 Å². The predicted molar refractivity (Wildman–Crippen MR) is 80.6 cm³/mol. The molecule has 0 N–H and O–H groups in total. The lowest BCUT2D eigenvalue weighted by molar-refractivity contribution is 0.552. The molecule has 0 bridgehead atoms. The molecule has 0 unspecified atom stereocenters. The van der Waals surface area contributed by atoms with Crippen LogP contribution in [0.4, 0.5) is 5.69 Å². The van der Waals surface area contributed by atoms with Crippen molar-refractivity contribution < 1.29 is 0 Å². The minimum atomic E-state index is 0.605. The summed E-state index contributed by atoms with van der Waals surface area (Å²) in [6.45, 7) is 2.13. The van der Waals surface area contributed by atoms with Crippen LogP contribution in [-0.2, 0) is 5.88 Å². The highest BCUT2D eigenvalue weighted by molar-refractivity contribution is 6.17. The highest BCUT2D eigenvalue weighted by Gasteiger charge is 2.19. The van der Waals surface area contributed by atoms with Crippen molar-refractivity contribution in [1.82, 2.24) is 0 Å². The topological polar surface area (TPSA) is 3.24 Å². The van der Waals surface area contributed by atoms with Crippen LogP contribution >= 0.6 is 11.6 Å². The van der Waals surface area contributed by atoms with Gasteiger partial charge in [-0.05, 0) is 31.4 Å². The zero-order valence-corrected chi connectivity index (χ0v) is 12.3. The molecule has 0 saturated heterocycles. The number of hydrogen-bond donors (Lipinski definition) is 0. The minimum absolute atomic E-state index is 0.605. The van der Waals surface area contributed by atoms with Crippen LogP contribution in [0.5, 0.6) is 0 Å². The number of alkyl halides is 1. The molecule has 1 saturated carbocycles. The SMILES string of the molecule is Cc1ccc(N(C)C2CCCCCC2)c(CCl)c1. The second-order valence-corrected chi connectivity index (χ2v) is 5.79. The summed E-state index contributed by atoms with van der Waals surface area (Å²) in [5.74, 6) is 0.605. The summed E-state index contributed by atoms with van der Waals surface area (Å²) >= 11 is 6.09. The average molecular weight is 266 g/mol. The Hall–Kier alpha value is -0.690. The fourth-order valence-corrected chi connectivity index (χ4v) is 3.22. The van der Waals surface area contributed by atoms with Crippen LogP contribution in [0.15, 0.2) is 18.2 Å². The molecule has 0 amide bonds. The van der Waals surface area contributed by atoms with Gasteiger partial charge in [0.15, 0.2) is 0 Å². The van der Waals surface area contributed by atoms with E-state index in [2.05, 4.69) is 37.1 Å². The fourth-order valence-electron chi connectivity index (χ4n) is 3.01. The lowest BCUT2D eigenvalue weighted by Crippen LogP contribution is -2.31. The molecule has 1 aromatic rings. The van der Waals surface area contributed by atoms with Gasteiger partial charge in [0.2, 0.25) is 0 Å². The first kappa shape index (κ1) is 13.7. The first-order chi connectivity index (χ1) is 8.72. The van der Waals surface area contributed by atoms with Gasteiger partial charge in [-0.1, -0.05) is 43.4 Å². The van der Waals surface area contributed by atoms with Crippen molar-refractivity contribution in [3.05, 3.63) is 29.3 Å². The van der Waals surface area contributed by atoms with E-state index >= 15 is 0 Å². The molecule has 0 heterocycles. The molecular formula is C16H24ClN. The van der Waals surface area contributed by atoms with Crippen molar-refractivity contribution in [2.24, 2.45) is 0 Å². The van der Waals surface area contributed by atoms with E-state index in [1.54, 1.807) is 0 Å². The Bertz CT molecular complexity index is 381. The van der Waals surface area contributed by atoms with Crippen molar-refractivity contribution in [2.45, 2.75) is 57.4 Å². The Morgan fingerprint density at radius 3 is 2.44 bits per heavy atom. The van der Waals surface area contributed by atoms with Crippen LogP contribution in [0.3, 0.4) is 0 Å². The van der Waals surface area contributed by atoms with Crippen LogP contribution in [0.25, 0.3) is 0 Å². The summed E-state index contributed by atoms with van der Waals surface area (Å²) in [4.78, 5) is 2.46. The average Bonchev–Trinajstić information content (AvgIpc) is 2.66. The van der Waals surface area contributed by atoms with Crippen molar-refractivity contribution in [3.63, 3.8) is 0 Å². The summed E-state index contributed by atoms with van der Waals surface area (Å²) in [7, 11) is 2.23. The van der Waals surface area contributed by atoms with Gasteiger partial charge in [-0.2, -0.15) is 0 Å². The quantitative estimate of drug-likeness (QED) is 0.555. The van der Waals surface area contributed by atoms with Crippen molar-refractivity contribution in [3.8, 4) is 0 Å². The van der Waals surface area contributed by atoms with Gasteiger partial charge in [0, 0.05) is 24.7 Å². The number of halogens is 1. The summed E-state index contributed by atoms with van der Waals surface area (Å²) in [5, 5.41) is 0. The van der Waals surface area contributed by atoms with Crippen LogP contribution in [0.2, 0.25) is 0 Å². The van der Waals surface area contributed by atoms with Crippen molar-refractivity contribution in [1.29, 1.82) is 0 Å². The summed E-state index contributed by atoms with van der Waals surface area (Å²) in [5.41, 5.74) is 3.88. The Balaban J connectivity index is 2.18. The van der Waals surface area contributed by atoms with Crippen LogP contribution in [0.1, 0.15) is 49.7 Å². The van der Waals surface area contributed by atoms with E-state index in [4.69, 9.17) is 11.6 Å². The van der Waals surface area contributed by atoms with Gasteiger partial charge in [0.1, 0.15) is 0 Å². The highest BCUT2D eigenvalue weighted by Crippen LogP contribution is 2.29. The van der Waals surface area contributed by atoms with Crippen molar-refractivity contribution in [2.75, 3.05) is 11.9 Å². The first-order valence-corrected chi connectivity index (χ1v) is 7.64. The Morgan fingerprint density at radius 1 is 1.17 bits per heavy atom. The van der Waals surface area contributed by atoms with Gasteiger partial charge >= 0.3 is 0 Å². The number of anilines is 1. The third-order valence-corrected chi connectivity index (χ3v) is 4.42. The van der Waals surface area contributed by atoms with E-state index in [0.717, 1.165) is 0 Å². The molecule has 1 nitrogen and oxygen atoms in total. The second-order valence-electron chi connectivity index (χ2n) is 5.52. The maximum atomic E-state index is 6.09. The van der Waals surface area contributed by atoms with Crippen LogP contribution < -0.4 is 4.90 Å². The number of rotatable bonds is 3. The molecule has 0 spiro atoms. The summed E-state index contributed by atoms with van der Waals surface area (Å²) < 4.78 is 0. The smallest absolute Gasteiger partial charge is 0.0494 e. The van der Waals surface area contributed by atoms with E-state index in [0.29, 0.717) is 11.9 Å². The van der Waals surface area contributed by atoms with E-state index in [9.17, 15) is 0 Å². The molecule has 18 heavy (non-hydrogen) atoms. The second kappa shape index (κ2) is 6.47. The first-order valence-electron chi connectivity index (χ1n) is 7.10. The molecule has 1 aromatic carbocycles. The van der Waals surface area contributed by atoms with E-state index in [-0.39, 0.29) is 0 Å². The van der Waals surface area contributed by atoms with Gasteiger partial charge < -0.3 is 4.90 Å². The Morgan fingerprint density at radius 2 is 1.83 bits per heavy atom. The Labute approximate surface area is 116 Å². The van der Waals surface area contributed by atoms with Gasteiger partial charge in [0.05, 0.1) is 0 Å². The van der Waals surface area contributed by atoms with E-state index in [1.165, 1.54) is 55.3 Å². The number of nitrogens with zero attached hydrogens (tertiary/aromatic N) is 1. The van der Waals surface area contributed by atoms with Crippen molar-refractivity contribution >= 4 is 17.3 Å². The zero-order chi connectivity index (χ0) is 13.0. The summed E-state index contributed by atoms with van der Waals surface area (Å²) in [6, 6.07) is 7.34. The zero-order valence-electron chi connectivity index (χ0n) is 11.6. The summed E-state index contributed by atoms with van der Waals surface area (Å²) in [6.07, 6.45) is 8.20. The van der Waals surface area contributed by atoms with Crippen LogP contribution in [0, 0.1) is 6.92 Å². The highest BCUT2D eigenvalue weighted by atomic mass is 35.5. The molecule has 100 valence electrons. The maximum Gasteiger partial charge on any atom is 0.0494 e. The number of benzene rings is 1. The number of hydrogen-bond acceptors (Lipinski definition) is 1. The fraction of sp³-hybridized carbons (Fsp3) is 0.625. The lowest BCUT2D eigenvalue weighted by Gasteiger charge is -2.31. The third kappa shape index (κ3) is 3.20. The molecule has 0 aliphatic heterocycles. The molecule has 1 aliphatic carbocycles. The largest absolute Gasteiger partial charge is 0.371 e. The normalized spacial score (nSPS) is 17.5. The predicted octanol–water partition coefficient (Wildman–Crippen LogP) is 4.89. The molecule has 2 rings (SSSR count). The monoisotopic (exact) mass is 265 g/mol. The standard InChI is InChI=1S/C16H24ClN/c1-13-9-10-16(14(11-13)12-17)18(2)15-7-5-3-4-6-8-15/h9-11,15H,3-8,12H2,1-2H3. The minimum Gasteiger partial charge on any atom is -0.371 e. The Kier molecular flexibility index (Phi) is 4.94. The van der Waals surface area contributed by atoms with Crippen LogP contribution in [-0.4, -0.2) is 13.1 Å². The molecule has 2 heteroatoms.